The van der Waals surface area contributed by atoms with Gasteiger partial charge in [0.15, 0.2) is 5.78 Å². The van der Waals surface area contributed by atoms with Crippen LogP contribution in [0, 0.1) is 0 Å². The van der Waals surface area contributed by atoms with E-state index in [1.165, 1.54) is 25.6 Å². The van der Waals surface area contributed by atoms with E-state index in [-0.39, 0.29) is 24.9 Å². The number of benzene rings is 2. The van der Waals surface area contributed by atoms with Gasteiger partial charge in [-0.25, -0.2) is 4.79 Å². The van der Waals surface area contributed by atoms with E-state index in [0.29, 0.717) is 33.3 Å². The summed E-state index contributed by atoms with van der Waals surface area (Å²) in [6.07, 6.45) is 5.57. The molecule has 6 rings (SSSR count). The van der Waals surface area contributed by atoms with Gasteiger partial charge in [0, 0.05) is 10.4 Å². The molecule has 1 aliphatic rings. The van der Waals surface area contributed by atoms with Crippen LogP contribution in [0.2, 0.25) is 0 Å². The van der Waals surface area contributed by atoms with Gasteiger partial charge in [-0.15, -0.1) is 11.3 Å². The fourth-order valence-electron chi connectivity index (χ4n) is 5.28. The Morgan fingerprint density at radius 2 is 1.74 bits per heavy atom. The second-order valence-electron chi connectivity index (χ2n) is 10.8. The lowest BCUT2D eigenvalue weighted by atomic mass is 9.98. The summed E-state index contributed by atoms with van der Waals surface area (Å²) in [5, 5.41) is 4.49. The van der Waals surface area contributed by atoms with Gasteiger partial charge in [0.1, 0.15) is 10.6 Å². The first-order valence-corrected chi connectivity index (χ1v) is 16.4. The van der Waals surface area contributed by atoms with E-state index < -0.39 is 11.2 Å². The molecule has 47 heavy (non-hydrogen) atoms. The van der Waals surface area contributed by atoms with E-state index in [1.54, 1.807) is 30.6 Å². The molecule has 1 fully saturated rings. The molecule has 0 aliphatic heterocycles. The zero-order chi connectivity index (χ0) is 33.7. The molecule has 10 nitrogen and oxygen atoms in total. The van der Waals surface area contributed by atoms with Gasteiger partial charge in [-0.2, -0.15) is 4.98 Å². The SMILES string of the molecule is C/C=C\C(C(=O)Cn1c(=O)c2cc(C3CC3)sc2n(Cc2ccc(-c3ccccc3-c3noc(OC)n3)cc2)c1=O)=C(/C)OC.CC. The van der Waals surface area contributed by atoms with Crippen LogP contribution in [0.15, 0.2) is 92.2 Å². The van der Waals surface area contributed by atoms with Gasteiger partial charge in [-0.3, -0.25) is 23.2 Å². The van der Waals surface area contributed by atoms with Crippen molar-refractivity contribution in [3.05, 3.63) is 109 Å². The highest BCUT2D eigenvalue weighted by atomic mass is 32.1. The summed E-state index contributed by atoms with van der Waals surface area (Å²) in [6, 6.07) is 17.5. The summed E-state index contributed by atoms with van der Waals surface area (Å²) < 4.78 is 18.1. The Bertz CT molecular complexity index is 2080. The largest absolute Gasteiger partial charge is 0.501 e. The second kappa shape index (κ2) is 14.6. The summed E-state index contributed by atoms with van der Waals surface area (Å²) >= 11 is 1.49. The third-order valence-electron chi connectivity index (χ3n) is 7.87. The van der Waals surface area contributed by atoms with Gasteiger partial charge in [0.25, 0.3) is 5.56 Å². The summed E-state index contributed by atoms with van der Waals surface area (Å²) in [4.78, 5) is 46.9. The Hall–Kier alpha value is -5.03. The molecule has 11 heteroatoms. The molecular weight excluding hydrogens is 616 g/mol. The number of thiophene rings is 1. The maximum atomic E-state index is 14.0. The van der Waals surface area contributed by atoms with Crippen LogP contribution in [0.4, 0.5) is 0 Å². The molecule has 3 heterocycles. The molecule has 0 atom stereocenters. The third-order valence-corrected chi connectivity index (χ3v) is 9.19. The quantitative estimate of drug-likeness (QED) is 0.0852. The number of aromatic nitrogens is 4. The molecule has 0 amide bonds. The standard InChI is InChI=1S/C34H32N4O6S.C2H6/c1-5-8-24(20(2)42-3)28(39)19-37-31(40)27-17-29(23-15-16-23)45-32(27)38(34(37)41)18-21-11-13-22(14-12-21)25-9-6-7-10-26(25)30-35-33(43-4)44-36-30;1-2/h5-14,17,23H,15-16,18-19H2,1-4H3;1-2H3/b8-5-,24-20-;. The molecule has 0 bridgehead atoms. The summed E-state index contributed by atoms with van der Waals surface area (Å²) in [6.45, 7) is 7.31. The fourth-order valence-corrected chi connectivity index (χ4v) is 6.59. The van der Waals surface area contributed by atoms with Crippen molar-refractivity contribution in [1.82, 2.24) is 19.3 Å². The Kier molecular flexibility index (Phi) is 10.4. The van der Waals surface area contributed by atoms with Crippen LogP contribution in [0.3, 0.4) is 0 Å². The number of nitrogens with zero attached hydrogens (tertiary/aromatic N) is 4. The average Bonchev–Trinajstić information content (AvgIpc) is 3.67. The topological polar surface area (TPSA) is 118 Å². The number of Topliss-reactive ketones (excluding diaryl/α,β-unsaturated/α-hetero) is 1. The molecule has 244 valence electrons. The second-order valence-corrected chi connectivity index (χ2v) is 11.9. The number of fused-ring (bicyclic) bond motifs is 1. The van der Waals surface area contributed by atoms with Crippen molar-refractivity contribution < 1.29 is 18.8 Å². The molecule has 3 aromatic heterocycles. The predicted molar refractivity (Wildman–Crippen MR) is 184 cm³/mol. The monoisotopic (exact) mass is 654 g/mol. The lowest BCUT2D eigenvalue weighted by molar-refractivity contribution is -0.116. The highest BCUT2D eigenvalue weighted by molar-refractivity contribution is 7.18. The molecule has 0 spiro atoms. The molecule has 2 aromatic carbocycles. The maximum Gasteiger partial charge on any atom is 0.417 e. The number of carbonyl (C=O) groups is 1. The van der Waals surface area contributed by atoms with Crippen LogP contribution in [0.25, 0.3) is 32.7 Å². The number of ketones is 1. The zero-order valence-electron chi connectivity index (χ0n) is 27.4. The van der Waals surface area contributed by atoms with Gasteiger partial charge in [0.2, 0.25) is 5.82 Å². The van der Waals surface area contributed by atoms with Gasteiger partial charge in [-0.1, -0.05) is 79.7 Å². The summed E-state index contributed by atoms with van der Waals surface area (Å²) in [5.74, 6) is 0.860. The van der Waals surface area contributed by atoms with Crippen molar-refractivity contribution in [3.63, 3.8) is 0 Å². The van der Waals surface area contributed by atoms with Crippen LogP contribution in [-0.2, 0) is 22.6 Å². The third kappa shape index (κ3) is 6.90. The zero-order valence-corrected chi connectivity index (χ0v) is 28.2. The molecule has 0 radical (unpaired) electrons. The van der Waals surface area contributed by atoms with Crippen LogP contribution >= 0.6 is 11.3 Å². The highest BCUT2D eigenvalue weighted by Crippen LogP contribution is 2.44. The minimum Gasteiger partial charge on any atom is -0.501 e. The molecule has 1 saturated carbocycles. The number of hydrogen-bond acceptors (Lipinski definition) is 9. The van der Waals surface area contributed by atoms with E-state index in [4.69, 9.17) is 14.0 Å². The van der Waals surface area contributed by atoms with E-state index in [0.717, 1.165) is 44.5 Å². The number of allylic oxidation sites excluding steroid dienone is 4. The minimum absolute atomic E-state index is 0.0799. The maximum absolute atomic E-state index is 14.0. The number of ether oxygens (including phenoxy) is 2. The highest BCUT2D eigenvalue weighted by Gasteiger charge is 2.28. The molecule has 0 saturated heterocycles. The van der Waals surface area contributed by atoms with Crippen molar-refractivity contribution in [2.75, 3.05) is 14.2 Å². The summed E-state index contributed by atoms with van der Waals surface area (Å²) in [7, 11) is 2.95. The van der Waals surface area contributed by atoms with Crippen LogP contribution < -0.4 is 16.0 Å². The lowest BCUT2D eigenvalue weighted by Crippen LogP contribution is -2.41. The normalized spacial score (nSPS) is 13.3. The van der Waals surface area contributed by atoms with Crippen molar-refractivity contribution in [1.29, 1.82) is 0 Å². The van der Waals surface area contributed by atoms with Crippen LogP contribution in [0.1, 0.15) is 56.9 Å². The Morgan fingerprint density at radius 3 is 2.36 bits per heavy atom. The summed E-state index contributed by atoms with van der Waals surface area (Å²) in [5.41, 5.74) is 2.81. The van der Waals surface area contributed by atoms with Crippen molar-refractivity contribution >= 4 is 27.3 Å². The van der Waals surface area contributed by atoms with Gasteiger partial charge in [0.05, 0.1) is 38.3 Å². The number of methoxy groups -OCH3 is 2. The van der Waals surface area contributed by atoms with E-state index in [1.807, 2.05) is 68.4 Å². The Morgan fingerprint density at radius 1 is 1.04 bits per heavy atom. The Labute approximate surface area is 276 Å². The first-order chi connectivity index (χ1) is 22.8. The van der Waals surface area contributed by atoms with E-state index in [2.05, 4.69) is 10.1 Å². The molecule has 0 unspecified atom stereocenters. The smallest absolute Gasteiger partial charge is 0.417 e. The van der Waals surface area contributed by atoms with Crippen LogP contribution in [0.5, 0.6) is 6.08 Å². The van der Waals surface area contributed by atoms with Crippen LogP contribution in [-0.4, -0.2) is 39.3 Å². The molecular formula is C36H38N4O6S. The molecule has 1 aliphatic carbocycles. The lowest BCUT2D eigenvalue weighted by Gasteiger charge is -2.13. The molecule has 5 aromatic rings. The van der Waals surface area contributed by atoms with E-state index in [9.17, 15) is 14.4 Å². The van der Waals surface area contributed by atoms with Gasteiger partial charge >= 0.3 is 11.8 Å². The number of rotatable bonds is 11. The number of carbonyl (C=O) groups excluding carboxylic acids is 1. The predicted octanol–water partition coefficient (Wildman–Crippen LogP) is 6.97. The Balaban J connectivity index is 0.00000213. The number of hydrogen-bond donors (Lipinski definition) is 0. The van der Waals surface area contributed by atoms with Crippen molar-refractivity contribution in [2.24, 2.45) is 0 Å². The average molecular weight is 655 g/mol. The van der Waals surface area contributed by atoms with Gasteiger partial charge < -0.3 is 9.47 Å². The minimum atomic E-state index is -0.527. The first-order valence-electron chi connectivity index (χ1n) is 15.6. The molecule has 0 N–H and O–H groups in total. The fraction of sp³-hybridized carbons (Fsp3) is 0.306. The van der Waals surface area contributed by atoms with Gasteiger partial charge in [-0.05, 0) is 55.4 Å². The first kappa shape index (κ1) is 33.3. The van der Waals surface area contributed by atoms with E-state index >= 15 is 0 Å². The van der Waals surface area contributed by atoms with Crippen molar-refractivity contribution in [3.8, 4) is 28.6 Å². The van der Waals surface area contributed by atoms with Crippen molar-refractivity contribution in [2.45, 2.75) is 59.5 Å².